The molecule has 0 spiro atoms. The number of nitrogens with one attached hydrogen (secondary N) is 1. The number of hydrogen-bond acceptors (Lipinski definition) is 6. The van der Waals surface area contributed by atoms with Crippen LogP contribution in [0.5, 0.6) is 23.0 Å². The highest BCUT2D eigenvalue weighted by molar-refractivity contribution is 5.95. The lowest BCUT2D eigenvalue weighted by molar-refractivity contribution is 0.0954. The molecule has 0 aromatic heterocycles. The lowest BCUT2D eigenvalue weighted by Crippen LogP contribution is -2.17. The third kappa shape index (κ3) is 4.63. The van der Waals surface area contributed by atoms with Crippen molar-refractivity contribution in [3.63, 3.8) is 0 Å². The fourth-order valence-corrected chi connectivity index (χ4v) is 2.10. The SMILES string of the molecule is COc1cc(OC)cc(C(=O)N/N=C/c2ccc(OC)c(OC)c2)c1. The fourth-order valence-electron chi connectivity index (χ4n) is 2.10. The van der Waals surface area contributed by atoms with Crippen molar-refractivity contribution in [1.29, 1.82) is 0 Å². The Balaban J connectivity index is 2.10. The third-order valence-corrected chi connectivity index (χ3v) is 3.40. The van der Waals surface area contributed by atoms with Gasteiger partial charge in [-0.05, 0) is 35.9 Å². The number of nitrogens with zero attached hydrogens (tertiary/aromatic N) is 1. The quantitative estimate of drug-likeness (QED) is 0.617. The number of benzene rings is 2. The van der Waals surface area contributed by atoms with E-state index in [1.165, 1.54) is 20.4 Å². The first kappa shape index (κ1) is 18.1. The minimum absolute atomic E-state index is 0.376. The molecule has 0 heterocycles. The van der Waals surface area contributed by atoms with Crippen LogP contribution < -0.4 is 24.4 Å². The summed E-state index contributed by atoms with van der Waals surface area (Å²) >= 11 is 0. The van der Waals surface area contributed by atoms with E-state index in [9.17, 15) is 4.79 Å². The third-order valence-electron chi connectivity index (χ3n) is 3.40. The predicted octanol–water partition coefficient (Wildman–Crippen LogP) is 2.48. The number of ether oxygens (including phenoxy) is 4. The van der Waals surface area contributed by atoms with E-state index in [-0.39, 0.29) is 5.91 Å². The standard InChI is InChI=1S/C18H20N2O5/c1-22-14-8-13(9-15(10-14)23-2)18(21)20-19-11-12-5-6-16(24-3)17(7-12)25-4/h5-11H,1-4H3,(H,20,21)/b19-11+. The van der Waals surface area contributed by atoms with Gasteiger partial charge in [0.1, 0.15) is 11.5 Å². The summed E-state index contributed by atoms with van der Waals surface area (Å²) in [6.45, 7) is 0. The van der Waals surface area contributed by atoms with E-state index in [0.717, 1.165) is 5.56 Å². The minimum Gasteiger partial charge on any atom is -0.497 e. The normalized spacial score (nSPS) is 10.4. The lowest BCUT2D eigenvalue weighted by Gasteiger charge is -2.08. The Morgan fingerprint density at radius 3 is 2.08 bits per heavy atom. The van der Waals surface area contributed by atoms with Gasteiger partial charge < -0.3 is 18.9 Å². The molecule has 2 aromatic carbocycles. The molecule has 2 rings (SSSR count). The van der Waals surface area contributed by atoms with E-state index in [1.807, 2.05) is 0 Å². The number of hydrazone groups is 1. The van der Waals surface area contributed by atoms with Gasteiger partial charge in [-0.15, -0.1) is 0 Å². The number of hydrogen-bond donors (Lipinski definition) is 1. The molecule has 0 aliphatic carbocycles. The molecule has 0 aliphatic rings. The van der Waals surface area contributed by atoms with Crippen LogP contribution in [-0.2, 0) is 0 Å². The summed E-state index contributed by atoms with van der Waals surface area (Å²) in [6.07, 6.45) is 1.51. The molecule has 0 atom stereocenters. The van der Waals surface area contributed by atoms with Crippen LogP contribution in [0.4, 0.5) is 0 Å². The van der Waals surface area contributed by atoms with E-state index in [0.29, 0.717) is 28.6 Å². The first-order valence-corrected chi connectivity index (χ1v) is 7.39. The van der Waals surface area contributed by atoms with Gasteiger partial charge >= 0.3 is 0 Å². The van der Waals surface area contributed by atoms with Gasteiger partial charge in [0, 0.05) is 11.6 Å². The smallest absolute Gasteiger partial charge is 0.271 e. The second kappa shape index (κ2) is 8.58. The molecule has 0 saturated heterocycles. The average molecular weight is 344 g/mol. The molecule has 25 heavy (non-hydrogen) atoms. The molecule has 1 N–H and O–H groups in total. The summed E-state index contributed by atoms with van der Waals surface area (Å²) in [5, 5.41) is 3.96. The van der Waals surface area contributed by atoms with Crippen LogP contribution >= 0.6 is 0 Å². The van der Waals surface area contributed by atoms with Crippen molar-refractivity contribution in [3.8, 4) is 23.0 Å². The molecule has 0 saturated carbocycles. The van der Waals surface area contributed by atoms with E-state index in [1.54, 1.807) is 50.6 Å². The predicted molar refractivity (Wildman–Crippen MR) is 94.2 cm³/mol. The maximum atomic E-state index is 12.2. The van der Waals surface area contributed by atoms with Gasteiger partial charge in [-0.2, -0.15) is 5.10 Å². The molecule has 0 bridgehead atoms. The summed E-state index contributed by atoms with van der Waals surface area (Å²) in [6, 6.07) is 10.2. The van der Waals surface area contributed by atoms with E-state index < -0.39 is 0 Å². The summed E-state index contributed by atoms with van der Waals surface area (Å²) in [5.74, 6) is 1.86. The van der Waals surface area contributed by atoms with Gasteiger partial charge in [0.2, 0.25) is 0 Å². The zero-order valence-electron chi connectivity index (χ0n) is 14.5. The van der Waals surface area contributed by atoms with Crippen molar-refractivity contribution in [3.05, 3.63) is 47.5 Å². The lowest BCUT2D eigenvalue weighted by atomic mass is 10.2. The largest absolute Gasteiger partial charge is 0.497 e. The maximum Gasteiger partial charge on any atom is 0.271 e. The Labute approximate surface area is 146 Å². The van der Waals surface area contributed by atoms with Crippen LogP contribution in [-0.4, -0.2) is 40.6 Å². The van der Waals surface area contributed by atoms with Crippen molar-refractivity contribution in [2.24, 2.45) is 5.10 Å². The van der Waals surface area contributed by atoms with Crippen molar-refractivity contribution >= 4 is 12.1 Å². The van der Waals surface area contributed by atoms with Crippen LogP contribution in [0.1, 0.15) is 15.9 Å². The van der Waals surface area contributed by atoms with Gasteiger partial charge in [-0.1, -0.05) is 0 Å². The number of amides is 1. The Bertz CT molecular complexity index is 752. The molecule has 7 heteroatoms. The Kier molecular flexibility index (Phi) is 6.22. The molecule has 1 amide bonds. The molecular formula is C18H20N2O5. The van der Waals surface area contributed by atoms with Gasteiger partial charge in [-0.25, -0.2) is 5.43 Å². The van der Waals surface area contributed by atoms with Crippen LogP contribution in [0.3, 0.4) is 0 Å². The molecule has 0 unspecified atom stereocenters. The first-order chi connectivity index (χ1) is 12.1. The molecule has 2 aromatic rings. The van der Waals surface area contributed by atoms with E-state index >= 15 is 0 Å². The monoisotopic (exact) mass is 344 g/mol. The average Bonchev–Trinajstić information content (AvgIpc) is 2.67. The Morgan fingerprint density at radius 2 is 1.52 bits per heavy atom. The van der Waals surface area contributed by atoms with Crippen molar-refractivity contribution in [2.45, 2.75) is 0 Å². The summed E-state index contributed by atoms with van der Waals surface area (Å²) in [7, 11) is 6.16. The maximum absolute atomic E-state index is 12.2. The van der Waals surface area contributed by atoms with Crippen LogP contribution in [0.2, 0.25) is 0 Å². The topological polar surface area (TPSA) is 78.4 Å². The molecule has 0 fully saturated rings. The number of carbonyl (C=O) groups is 1. The number of methoxy groups -OCH3 is 4. The molecule has 7 nitrogen and oxygen atoms in total. The molecule has 132 valence electrons. The van der Waals surface area contributed by atoms with Gasteiger partial charge in [0.05, 0.1) is 34.7 Å². The molecule has 0 radical (unpaired) electrons. The zero-order valence-corrected chi connectivity index (χ0v) is 14.5. The Morgan fingerprint density at radius 1 is 0.880 bits per heavy atom. The zero-order chi connectivity index (χ0) is 18.2. The van der Waals surface area contributed by atoms with Crippen molar-refractivity contribution < 1.29 is 23.7 Å². The van der Waals surface area contributed by atoms with Crippen molar-refractivity contribution in [1.82, 2.24) is 5.43 Å². The van der Waals surface area contributed by atoms with Crippen LogP contribution in [0.15, 0.2) is 41.5 Å². The molecule has 0 aliphatic heterocycles. The first-order valence-electron chi connectivity index (χ1n) is 7.39. The molecular weight excluding hydrogens is 324 g/mol. The number of carbonyl (C=O) groups excluding carboxylic acids is 1. The van der Waals surface area contributed by atoms with Gasteiger partial charge in [-0.3, -0.25) is 4.79 Å². The van der Waals surface area contributed by atoms with Gasteiger partial charge in [0.15, 0.2) is 11.5 Å². The highest BCUT2D eigenvalue weighted by atomic mass is 16.5. The van der Waals surface area contributed by atoms with Crippen LogP contribution in [0, 0.1) is 0 Å². The highest BCUT2D eigenvalue weighted by Gasteiger charge is 2.09. The van der Waals surface area contributed by atoms with E-state index in [2.05, 4.69) is 10.5 Å². The second-order valence-electron chi connectivity index (χ2n) is 4.91. The van der Waals surface area contributed by atoms with Crippen molar-refractivity contribution in [2.75, 3.05) is 28.4 Å². The highest BCUT2D eigenvalue weighted by Crippen LogP contribution is 2.27. The fraction of sp³-hybridized carbons (Fsp3) is 0.222. The Hall–Kier alpha value is -3.22. The van der Waals surface area contributed by atoms with Crippen LogP contribution in [0.25, 0.3) is 0 Å². The number of rotatable bonds is 7. The van der Waals surface area contributed by atoms with Gasteiger partial charge in [0.25, 0.3) is 5.91 Å². The minimum atomic E-state index is -0.381. The summed E-state index contributed by atoms with van der Waals surface area (Å²) in [4.78, 5) is 12.2. The summed E-state index contributed by atoms with van der Waals surface area (Å²) in [5.41, 5.74) is 3.59. The summed E-state index contributed by atoms with van der Waals surface area (Å²) < 4.78 is 20.7. The van der Waals surface area contributed by atoms with E-state index in [4.69, 9.17) is 18.9 Å². The second-order valence-corrected chi connectivity index (χ2v) is 4.91.